The summed E-state index contributed by atoms with van der Waals surface area (Å²) in [5.74, 6) is 0.529. The molecule has 0 saturated carbocycles. The lowest BCUT2D eigenvalue weighted by Crippen LogP contribution is -2.46. The fraction of sp³-hybridized carbons (Fsp3) is 0.538. The second-order valence-electron chi connectivity index (χ2n) is 4.11. The SMILES string of the molecule is C=C(CF)CNC(=C)N[C@H](I)NC(CF)C(=C)CC. The molecule has 0 aromatic carbocycles. The van der Waals surface area contributed by atoms with Crippen LogP contribution in [0.15, 0.2) is 36.7 Å². The van der Waals surface area contributed by atoms with Crippen LogP contribution in [0.25, 0.3) is 0 Å². The topological polar surface area (TPSA) is 36.1 Å². The van der Waals surface area contributed by atoms with Gasteiger partial charge in [0.2, 0.25) is 0 Å². The van der Waals surface area contributed by atoms with Crippen molar-refractivity contribution >= 4 is 22.6 Å². The average Bonchev–Trinajstić information content (AvgIpc) is 2.40. The highest BCUT2D eigenvalue weighted by atomic mass is 127. The van der Waals surface area contributed by atoms with Crippen LogP contribution in [-0.4, -0.2) is 30.1 Å². The lowest BCUT2D eigenvalue weighted by Gasteiger charge is -2.24. The summed E-state index contributed by atoms with van der Waals surface area (Å²) in [6, 6.07) is -0.381. The number of hydrogen-bond acceptors (Lipinski definition) is 3. The first kappa shape index (κ1) is 18.4. The van der Waals surface area contributed by atoms with Crippen LogP contribution in [0, 0.1) is 0 Å². The van der Waals surface area contributed by atoms with Crippen molar-refractivity contribution in [2.24, 2.45) is 0 Å². The number of alkyl halides is 3. The van der Waals surface area contributed by atoms with Crippen molar-refractivity contribution in [3.05, 3.63) is 36.7 Å². The number of nitrogens with one attached hydrogen (secondary N) is 3. The largest absolute Gasteiger partial charge is 0.369 e. The molecule has 0 saturated heterocycles. The summed E-state index contributed by atoms with van der Waals surface area (Å²) in [5, 5.41) is 8.95. The van der Waals surface area contributed by atoms with Crippen LogP contribution in [0.3, 0.4) is 0 Å². The summed E-state index contributed by atoms with van der Waals surface area (Å²) in [5.41, 5.74) is 1.26. The third kappa shape index (κ3) is 8.20. The Morgan fingerprint density at radius 3 is 2.37 bits per heavy atom. The Bertz CT molecular complexity index is 321. The maximum Gasteiger partial charge on any atom is 0.132 e. The van der Waals surface area contributed by atoms with Crippen molar-refractivity contribution in [3.8, 4) is 0 Å². The normalized spacial score (nSPS) is 13.5. The molecule has 0 aromatic heterocycles. The summed E-state index contributed by atoms with van der Waals surface area (Å²) in [4.78, 5) is 0. The summed E-state index contributed by atoms with van der Waals surface area (Å²) >= 11 is 2.08. The molecule has 0 amide bonds. The fourth-order valence-corrected chi connectivity index (χ4v) is 2.03. The molecule has 0 bridgehead atoms. The van der Waals surface area contributed by atoms with Gasteiger partial charge in [-0.1, -0.05) is 32.2 Å². The standard InChI is InChI=1S/C13H22F2IN3/c1-5-10(3)12(7-15)19-13(16)18-11(4)17-8-9(2)6-14/h12-13,17-19H,2-8H2,1H3/t12?,13-/m0/s1. The van der Waals surface area contributed by atoms with Gasteiger partial charge < -0.3 is 10.6 Å². The maximum atomic E-state index is 12.8. The molecule has 0 aromatic rings. The third-order valence-electron chi connectivity index (χ3n) is 2.49. The quantitative estimate of drug-likeness (QED) is 0.168. The van der Waals surface area contributed by atoms with Crippen LogP contribution >= 0.6 is 22.6 Å². The average molecular weight is 385 g/mol. The first-order chi connectivity index (χ1) is 8.94. The predicted molar refractivity (Wildman–Crippen MR) is 85.5 cm³/mol. The lowest BCUT2D eigenvalue weighted by molar-refractivity contribution is 0.390. The predicted octanol–water partition coefficient (Wildman–Crippen LogP) is 2.78. The van der Waals surface area contributed by atoms with Gasteiger partial charge in [0.05, 0.1) is 11.9 Å². The molecular formula is C13H22F2IN3. The number of rotatable bonds is 11. The van der Waals surface area contributed by atoms with Crippen molar-refractivity contribution in [1.82, 2.24) is 16.0 Å². The number of hydrogen-bond donors (Lipinski definition) is 3. The molecule has 0 aliphatic carbocycles. The molecule has 0 spiro atoms. The summed E-state index contributed by atoms with van der Waals surface area (Å²) in [7, 11) is 0. The Morgan fingerprint density at radius 1 is 1.26 bits per heavy atom. The van der Waals surface area contributed by atoms with Gasteiger partial charge in [0, 0.05) is 6.54 Å². The van der Waals surface area contributed by atoms with Crippen molar-refractivity contribution in [3.63, 3.8) is 0 Å². The van der Waals surface area contributed by atoms with Crippen LogP contribution in [-0.2, 0) is 0 Å². The van der Waals surface area contributed by atoms with Crippen molar-refractivity contribution in [2.45, 2.75) is 23.6 Å². The van der Waals surface area contributed by atoms with Gasteiger partial charge in [-0.15, -0.1) is 0 Å². The van der Waals surface area contributed by atoms with E-state index in [2.05, 4.69) is 58.3 Å². The van der Waals surface area contributed by atoms with Crippen molar-refractivity contribution in [1.29, 1.82) is 0 Å². The number of halogens is 3. The Hall–Kier alpha value is -0.630. The van der Waals surface area contributed by atoms with E-state index in [1.165, 1.54) is 0 Å². The van der Waals surface area contributed by atoms with Gasteiger partial charge >= 0.3 is 0 Å². The van der Waals surface area contributed by atoms with E-state index in [0.717, 1.165) is 12.0 Å². The summed E-state index contributed by atoms with van der Waals surface area (Å²) < 4.78 is 24.8. The molecule has 1 unspecified atom stereocenters. The van der Waals surface area contributed by atoms with E-state index >= 15 is 0 Å². The maximum absolute atomic E-state index is 12.8. The molecule has 3 nitrogen and oxygen atoms in total. The molecule has 0 aliphatic rings. The monoisotopic (exact) mass is 385 g/mol. The molecule has 3 N–H and O–H groups in total. The van der Waals surface area contributed by atoms with Gasteiger partial charge in [-0.05, 0) is 34.6 Å². The van der Waals surface area contributed by atoms with Crippen molar-refractivity contribution < 1.29 is 8.78 Å². The highest BCUT2D eigenvalue weighted by molar-refractivity contribution is 14.1. The van der Waals surface area contributed by atoms with Gasteiger partial charge in [-0.3, -0.25) is 5.32 Å². The van der Waals surface area contributed by atoms with Gasteiger partial charge in [0.1, 0.15) is 17.5 Å². The highest BCUT2D eigenvalue weighted by Crippen LogP contribution is 2.08. The van der Waals surface area contributed by atoms with Gasteiger partial charge in [0.15, 0.2) is 0 Å². The Morgan fingerprint density at radius 2 is 1.89 bits per heavy atom. The third-order valence-corrected chi connectivity index (χ3v) is 3.16. The van der Waals surface area contributed by atoms with E-state index in [0.29, 0.717) is 17.9 Å². The molecule has 19 heavy (non-hydrogen) atoms. The van der Waals surface area contributed by atoms with Crippen LogP contribution < -0.4 is 16.0 Å². The van der Waals surface area contributed by atoms with Crippen molar-refractivity contribution in [2.75, 3.05) is 19.9 Å². The molecule has 110 valence electrons. The minimum atomic E-state index is -0.563. The fourth-order valence-electron chi connectivity index (χ4n) is 1.22. The minimum absolute atomic E-state index is 0.208. The molecule has 0 fully saturated rings. The lowest BCUT2D eigenvalue weighted by atomic mass is 10.1. The molecule has 0 radical (unpaired) electrons. The molecule has 6 heteroatoms. The zero-order valence-electron chi connectivity index (χ0n) is 11.2. The van der Waals surface area contributed by atoms with E-state index in [9.17, 15) is 8.78 Å². The second-order valence-corrected chi connectivity index (χ2v) is 5.35. The van der Waals surface area contributed by atoms with E-state index in [4.69, 9.17) is 0 Å². The molecule has 2 atom stereocenters. The van der Waals surface area contributed by atoms with Crippen LogP contribution in [0.2, 0.25) is 0 Å². The second kappa shape index (κ2) is 10.2. The molecular weight excluding hydrogens is 363 g/mol. The van der Waals surface area contributed by atoms with Gasteiger partial charge in [0.25, 0.3) is 0 Å². The summed E-state index contributed by atoms with van der Waals surface area (Å²) in [6.45, 7) is 12.3. The summed E-state index contributed by atoms with van der Waals surface area (Å²) in [6.07, 6.45) is 0.723. The molecule has 0 heterocycles. The van der Waals surface area contributed by atoms with E-state index in [-0.39, 0.29) is 10.2 Å². The van der Waals surface area contributed by atoms with E-state index < -0.39 is 13.3 Å². The van der Waals surface area contributed by atoms with Crippen LogP contribution in [0.5, 0.6) is 0 Å². The van der Waals surface area contributed by atoms with E-state index in [1.807, 2.05) is 6.92 Å². The zero-order chi connectivity index (χ0) is 14.8. The first-order valence-corrected chi connectivity index (χ1v) is 7.24. The highest BCUT2D eigenvalue weighted by Gasteiger charge is 2.14. The van der Waals surface area contributed by atoms with Crippen LogP contribution in [0.4, 0.5) is 8.78 Å². The Labute approximate surface area is 127 Å². The van der Waals surface area contributed by atoms with Gasteiger partial charge in [-0.2, -0.15) is 0 Å². The van der Waals surface area contributed by atoms with E-state index in [1.54, 1.807) is 0 Å². The smallest absolute Gasteiger partial charge is 0.132 e. The van der Waals surface area contributed by atoms with Crippen LogP contribution in [0.1, 0.15) is 13.3 Å². The minimum Gasteiger partial charge on any atom is -0.369 e. The first-order valence-electron chi connectivity index (χ1n) is 6.00. The zero-order valence-corrected chi connectivity index (χ0v) is 13.4. The van der Waals surface area contributed by atoms with Gasteiger partial charge in [-0.25, -0.2) is 8.78 Å². The Balaban J connectivity index is 4.08. The molecule has 0 aliphatic heterocycles. The Kier molecular flexibility index (Phi) is 9.85. The molecule has 0 rings (SSSR count).